The molecular formula is C29H37N3O7. The molecule has 0 saturated heterocycles. The number of hydrogen-bond acceptors (Lipinski definition) is 8. The Morgan fingerprint density at radius 1 is 1.10 bits per heavy atom. The molecule has 0 bridgehead atoms. The maximum atomic E-state index is 13.4. The van der Waals surface area contributed by atoms with Crippen LogP contribution < -0.4 is 10.6 Å². The number of amides is 2. The van der Waals surface area contributed by atoms with Gasteiger partial charge in [-0.25, -0.2) is 4.98 Å². The van der Waals surface area contributed by atoms with Crippen LogP contribution in [0.4, 0.5) is 0 Å². The number of aromatic nitrogens is 1. The van der Waals surface area contributed by atoms with E-state index in [4.69, 9.17) is 9.15 Å². The largest absolute Gasteiger partial charge is 0.461 e. The van der Waals surface area contributed by atoms with E-state index in [0.717, 1.165) is 5.56 Å². The number of oxazole rings is 1. The Bertz CT molecular complexity index is 1170. The van der Waals surface area contributed by atoms with Gasteiger partial charge in [0.25, 0.3) is 5.91 Å². The molecule has 0 fully saturated rings. The summed E-state index contributed by atoms with van der Waals surface area (Å²) in [7, 11) is 0. The molecule has 2 heterocycles. The lowest BCUT2D eigenvalue weighted by Crippen LogP contribution is -2.49. The van der Waals surface area contributed by atoms with Crippen LogP contribution in [0.5, 0.6) is 0 Å². The molecule has 2 amide bonds. The highest BCUT2D eigenvalue weighted by molar-refractivity contribution is 6.37. The highest BCUT2D eigenvalue weighted by atomic mass is 16.5. The maximum Gasteiger partial charge on any atom is 0.306 e. The van der Waals surface area contributed by atoms with E-state index in [9.17, 15) is 24.0 Å². The van der Waals surface area contributed by atoms with Crippen molar-refractivity contribution in [3.05, 3.63) is 53.7 Å². The lowest BCUT2D eigenvalue weighted by Gasteiger charge is -2.27. The van der Waals surface area contributed by atoms with E-state index in [1.807, 2.05) is 44.2 Å². The Morgan fingerprint density at radius 3 is 2.49 bits per heavy atom. The minimum atomic E-state index is -0.884. The van der Waals surface area contributed by atoms with Crippen LogP contribution in [0.2, 0.25) is 0 Å². The van der Waals surface area contributed by atoms with Crippen molar-refractivity contribution in [2.45, 2.75) is 72.6 Å². The van der Waals surface area contributed by atoms with Crippen molar-refractivity contribution in [1.82, 2.24) is 15.6 Å². The van der Waals surface area contributed by atoms with Crippen LogP contribution in [-0.2, 0) is 48.3 Å². The van der Waals surface area contributed by atoms with Crippen molar-refractivity contribution in [3.63, 3.8) is 0 Å². The second-order valence-electron chi connectivity index (χ2n) is 10.6. The molecule has 1 aromatic heterocycles. The number of benzene rings is 1. The summed E-state index contributed by atoms with van der Waals surface area (Å²) in [6.07, 6.45) is 1.58. The first-order valence-electron chi connectivity index (χ1n) is 13.3. The maximum absolute atomic E-state index is 13.4. The van der Waals surface area contributed by atoms with Crippen LogP contribution in [0.15, 0.2) is 41.1 Å². The van der Waals surface area contributed by atoms with Crippen LogP contribution in [0, 0.1) is 23.7 Å². The Kier molecular flexibility index (Phi) is 10.5. The van der Waals surface area contributed by atoms with Gasteiger partial charge in [-0.2, -0.15) is 0 Å². The van der Waals surface area contributed by atoms with Gasteiger partial charge in [0.15, 0.2) is 12.2 Å². The van der Waals surface area contributed by atoms with Crippen molar-refractivity contribution in [1.29, 1.82) is 0 Å². The number of nitrogens with one attached hydrogen (secondary N) is 2. The molecule has 0 saturated carbocycles. The average Bonchev–Trinajstić information content (AvgIpc) is 3.37. The van der Waals surface area contributed by atoms with Crippen LogP contribution in [0.25, 0.3) is 0 Å². The summed E-state index contributed by atoms with van der Waals surface area (Å²) in [5, 5.41) is 5.33. The van der Waals surface area contributed by atoms with Gasteiger partial charge in [-0.3, -0.25) is 24.0 Å². The smallest absolute Gasteiger partial charge is 0.306 e. The van der Waals surface area contributed by atoms with Gasteiger partial charge in [-0.1, -0.05) is 58.0 Å². The minimum Gasteiger partial charge on any atom is -0.461 e. The normalized spacial score (nSPS) is 17.3. The van der Waals surface area contributed by atoms with Gasteiger partial charge < -0.3 is 19.8 Å². The third kappa shape index (κ3) is 8.33. The van der Waals surface area contributed by atoms with Crippen LogP contribution in [0.1, 0.15) is 64.0 Å². The van der Waals surface area contributed by atoms with Gasteiger partial charge in [0, 0.05) is 12.3 Å². The molecule has 1 aliphatic rings. The van der Waals surface area contributed by atoms with Gasteiger partial charge in [-0.05, 0) is 30.2 Å². The molecule has 3 atom stereocenters. The highest BCUT2D eigenvalue weighted by Gasteiger charge is 2.35. The third-order valence-electron chi connectivity index (χ3n) is 6.99. The topological polar surface area (TPSA) is 145 Å². The fourth-order valence-electron chi connectivity index (χ4n) is 4.57. The van der Waals surface area contributed by atoms with E-state index >= 15 is 0 Å². The van der Waals surface area contributed by atoms with Gasteiger partial charge in [0.05, 0.1) is 30.6 Å². The summed E-state index contributed by atoms with van der Waals surface area (Å²) in [5.74, 6) is -4.28. The van der Waals surface area contributed by atoms with Crippen LogP contribution in [0.3, 0.4) is 0 Å². The Balaban J connectivity index is 1.64. The molecule has 2 N–H and O–H groups in total. The number of nitrogens with zero attached hydrogens (tertiary/aromatic N) is 1. The molecule has 0 spiro atoms. The van der Waals surface area contributed by atoms with Gasteiger partial charge in [0.2, 0.25) is 11.7 Å². The van der Waals surface area contributed by atoms with Crippen molar-refractivity contribution in [2.24, 2.45) is 23.7 Å². The van der Waals surface area contributed by atoms with Crippen molar-refractivity contribution >= 4 is 29.4 Å². The van der Waals surface area contributed by atoms with E-state index in [1.54, 1.807) is 13.8 Å². The number of carbonyl (C=O) groups is 5. The Labute approximate surface area is 228 Å². The molecule has 10 heteroatoms. The van der Waals surface area contributed by atoms with Gasteiger partial charge >= 0.3 is 5.97 Å². The number of fused-ring (bicyclic) bond motifs is 1. The second kappa shape index (κ2) is 13.8. The predicted molar refractivity (Wildman–Crippen MR) is 141 cm³/mol. The molecule has 1 aromatic carbocycles. The fourth-order valence-corrected chi connectivity index (χ4v) is 4.57. The van der Waals surface area contributed by atoms with Gasteiger partial charge in [0.1, 0.15) is 12.4 Å². The molecule has 39 heavy (non-hydrogen) atoms. The van der Waals surface area contributed by atoms with Crippen molar-refractivity contribution < 1.29 is 33.1 Å². The standard InChI is InChI=1S/C29H37N3O7/c1-17(2)21(13-25(34)38-15-19-8-6-5-7-9-19)28(36)32-26(18(3)4)23(33)12-20-10-11-22-24(39-16-31-22)14-30-29(37)27(20)35/h5-9,16-18,20-21,26H,10-15H2,1-4H3,(H,30,37)(H,32,36). The fraction of sp³-hybridized carbons (Fsp3) is 0.517. The zero-order valence-corrected chi connectivity index (χ0v) is 22.9. The predicted octanol–water partition coefficient (Wildman–Crippen LogP) is 2.93. The number of Topliss-reactive ketones (excluding diaryl/α,β-unsaturated/α-hetero) is 2. The average molecular weight is 540 g/mol. The Hall–Kier alpha value is -3.82. The molecule has 0 radical (unpaired) electrons. The van der Waals surface area contributed by atoms with Crippen LogP contribution in [-0.4, -0.2) is 40.4 Å². The zero-order chi connectivity index (χ0) is 28.5. The van der Waals surface area contributed by atoms with Gasteiger partial charge in [-0.15, -0.1) is 0 Å². The SMILES string of the molecule is CC(C)C(CC(=O)OCc1ccccc1)C(=O)NC(C(=O)CC1CCc2ncoc2CNC(=O)C1=O)C(C)C. The number of carbonyl (C=O) groups excluding carboxylic acids is 5. The van der Waals surface area contributed by atoms with E-state index < -0.39 is 41.4 Å². The monoisotopic (exact) mass is 539 g/mol. The van der Waals surface area contributed by atoms with E-state index in [2.05, 4.69) is 15.6 Å². The summed E-state index contributed by atoms with van der Waals surface area (Å²) in [6, 6.07) is 8.36. The number of ether oxygens (including phenoxy) is 1. The first kappa shape index (κ1) is 29.7. The first-order valence-corrected chi connectivity index (χ1v) is 13.3. The molecule has 3 unspecified atom stereocenters. The summed E-state index contributed by atoms with van der Waals surface area (Å²) in [5.41, 5.74) is 1.48. The number of hydrogen-bond donors (Lipinski definition) is 2. The van der Waals surface area contributed by atoms with E-state index in [1.165, 1.54) is 6.39 Å². The highest BCUT2D eigenvalue weighted by Crippen LogP contribution is 2.22. The number of ketones is 2. The summed E-state index contributed by atoms with van der Waals surface area (Å²) < 4.78 is 10.6. The molecule has 210 valence electrons. The second-order valence-corrected chi connectivity index (χ2v) is 10.6. The molecular weight excluding hydrogens is 502 g/mol. The van der Waals surface area contributed by atoms with Crippen molar-refractivity contribution in [2.75, 3.05) is 0 Å². The quantitative estimate of drug-likeness (QED) is 0.328. The lowest BCUT2D eigenvalue weighted by molar-refractivity contribution is -0.149. The molecule has 0 aliphatic carbocycles. The summed E-state index contributed by atoms with van der Waals surface area (Å²) >= 11 is 0. The minimum absolute atomic E-state index is 0.0512. The Morgan fingerprint density at radius 2 is 1.82 bits per heavy atom. The van der Waals surface area contributed by atoms with Crippen LogP contribution >= 0.6 is 0 Å². The van der Waals surface area contributed by atoms with E-state index in [0.29, 0.717) is 17.9 Å². The first-order chi connectivity index (χ1) is 18.6. The summed E-state index contributed by atoms with van der Waals surface area (Å²) in [6.45, 7) is 7.40. The molecule has 1 aliphatic heterocycles. The third-order valence-corrected chi connectivity index (χ3v) is 6.99. The zero-order valence-electron chi connectivity index (χ0n) is 22.9. The molecule has 2 aromatic rings. The molecule has 3 rings (SSSR count). The summed E-state index contributed by atoms with van der Waals surface area (Å²) in [4.78, 5) is 68.5. The van der Waals surface area contributed by atoms with E-state index in [-0.39, 0.29) is 50.0 Å². The number of aryl methyl sites for hydroxylation is 1. The molecule has 10 nitrogen and oxygen atoms in total. The van der Waals surface area contributed by atoms with Crippen molar-refractivity contribution in [3.8, 4) is 0 Å². The number of esters is 1. The lowest BCUT2D eigenvalue weighted by atomic mass is 9.86. The number of rotatable bonds is 11.